The summed E-state index contributed by atoms with van der Waals surface area (Å²) >= 11 is 0. The molecule has 0 aliphatic heterocycles. The first kappa shape index (κ1) is 15.0. The number of carbonyl (C=O) groups is 2. The van der Waals surface area contributed by atoms with Crippen molar-refractivity contribution >= 4 is 22.9 Å². The smallest absolute Gasteiger partial charge is 0.325 e. The van der Waals surface area contributed by atoms with Gasteiger partial charge < -0.3 is 14.2 Å². The molecule has 0 unspecified atom stereocenters. The molecule has 6 nitrogen and oxygen atoms in total. The van der Waals surface area contributed by atoms with Gasteiger partial charge in [-0.15, -0.1) is 0 Å². The fraction of sp³-hybridized carbons (Fsp3) is 0.400. The Morgan fingerprint density at radius 1 is 1.33 bits per heavy atom. The Morgan fingerprint density at radius 3 is 2.81 bits per heavy atom. The number of benzene rings is 1. The Morgan fingerprint density at radius 2 is 2.10 bits per heavy atom. The van der Waals surface area contributed by atoms with Gasteiger partial charge in [-0.05, 0) is 18.6 Å². The van der Waals surface area contributed by atoms with E-state index >= 15 is 0 Å². The van der Waals surface area contributed by atoms with Crippen molar-refractivity contribution in [3.8, 4) is 0 Å². The number of esters is 1. The number of hydrogen-bond acceptors (Lipinski definition) is 4. The van der Waals surface area contributed by atoms with E-state index in [4.69, 9.17) is 0 Å². The van der Waals surface area contributed by atoms with Crippen molar-refractivity contribution in [2.75, 3.05) is 20.2 Å². The summed E-state index contributed by atoms with van der Waals surface area (Å²) in [5.74, 6) is -0.530. The van der Waals surface area contributed by atoms with Crippen LogP contribution in [0.3, 0.4) is 0 Å². The molecule has 21 heavy (non-hydrogen) atoms. The van der Waals surface area contributed by atoms with Gasteiger partial charge in [0.05, 0.1) is 24.5 Å². The van der Waals surface area contributed by atoms with Crippen molar-refractivity contribution in [3.05, 3.63) is 30.6 Å². The number of methoxy groups -OCH3 is 1. The lowest BCUT2D eigenvalue weighted by Gasteiger charge is -2.21. The Hall–Kier alpha value is -2.37. The van der Waals surface area contributed by atoms with Crippen LogP contribution in [0.1, 0.15) is 13.3 Å². The topological polar surface area (TPSA) is 64.4 Å². The summed E-state index contributed by atoms with van der Waals surface area (Å²) in [5, 5.41) is 0. The Balaban J connectivity index is 2.12. The molecular weight excluding hydrogens is 270 g/mol. The number of hydrogen-bond donors (Lipinski definition) is 0. The van der Waals surface area contributed by atoms with E-state index in [2.05, 4.69) is 9.72 Å². The maximum Gasteiger partial charge on any atom is 0.325 e. The Bertz CT molecular complexity index is 636. The zero-order chi connectivity index (χ0) is 15.2. The first-order chi connectivity index (χ1) is 10.2. The van der Waals surface area contributed by atoms with E-state index in [0.717, 1.165) is 17.5 Å². The third-order valence-electron chi connectivity index (χ3n) is 3.23. The average molecular weight is 289 g/mol. The molecular formula is C15H19N3O3. The van der Waals surface area contributed by atoms with Crippen LogP contribution in [0.4, 0.5) is 0 Å². The first-order valence-electron chi connectivity index (χ1n) is 6.90. The van der Waals surface area contributed by atoms with E-state index < -0.39 is 5.97 Å². The first-order valence-corrected chi connectivity index (χ1v) is 6.90. The monoisotopic (exact) mass is 289 g/mol. The largest absolute Gasteiger partial charge is 0.468 e. The maximum absolute atomic E-state index is 12.4. The number of fused-ring (bicyclic) bond motifs is 1. The minimum Gasteiger partial charge on any atom is -0.468 e. The van der Waals surface area contributed by atoms with E-state index in [9.17, 15) is 9.59 Å². The molecule has 2 aromatic rings. The highest BCUT2D eigenvalue weighted by atomic mass is 16.5. The predicted molar refractivity (Wildman–Crippen MR) is 78.6 cm³/mol. The zero-order valence-corrected chi connectivity index (χ0v) is 12.3. The molecule has 0 spiro atoms. The fourth-order valence-electron chi connectivity index (χ4n) is 2.16. The molecule has 0 fully saturated rings. The number of imidazole rings is 1. The van der Waals surface area contributed by atoms with Crippen LogP contribution in [0.25, 0.3) is 11.0 Å². The highest BCUT2D eigenvalue weighted by molar-refractivity contribution is 5.83. The van der Waals surface area contributed by atoms with Gasteiger partial charge in [-0.3, -0.25) is 9.59 Å². The van der Waals surface area contributed by atoms with Crippen LogP contribution < -0.4 is 0 Å². The summed E-state index contributed by atoms with van der Waals surface area (Å²) in [4.78, 5) is 29.5. The van der Waals surface area contributed by atoms with Gasteiger partial charge in [-0.1, -0.05) is 19.1 Å². The summed E-state index contributed by atoms with van der Waals surface area (Å²) in [6.45, 7) is 2.64. The van der Waals surface area contributed by atoms with Gasteiger partial charge in [0, 0.05) is 6.54 Å². The molecule has 6 heteroatoms. The van der Waals surface area contributed by atoms with E-state index in [1.54, 1.807) is 10.9 Å². The number of carbonyl (C=O) groups excluding carboxylic acids is 2. The van der Waals surface area contributed by atoms with Crippen molar-refractivity contribution < 1.29 is 14.3 Å². The Labute approximate surface area is 123 Å². The second-order valence-corrected chi connectivity index (χ2v) is 4.75. The second kappa shape index (κ2) is 6.88. The minimum atomic E-state index is -0.410. The van der Waals surface area contributed by atoms with Gasteiger partial charge in [0.1, 0.15) is 13.1 Å². The standard InChI is InChI=1S/C15H19N3O3/c1-3-8-17(10-15(20)21-2)14(19)9-18-11-16-12-6-4-5-7-13(12)18/h4-7,11H,3,8-10H2,1-2H3. The molecule has 1 aromatic carbocycles. The van der Waals surface area contributed by atoms with Crippen molar-refractivity contribution in [1.82, 2.24) is 14.5 Å². The lowest BCUT2D eigenvalue weighted by atomic mass is 10.3. The number of para-hydroxylation sites is 2. The molecule has 0 atom stereocenters. The number of nitrogens with zero attached hydrogens (tertiary/aromatic N) is 3. The van der Waals surface area contributed by atoms with Gasteiger partial charge in [0.2, 0.25) is 5.91 Å². The summed E-state index contributed by atoms with van der Waals surface area (Å²) in [7, 11) is 1.32. The maximum atomic E-state index is 12.4. The van der Waals surface area contributed by atoms with Gasteiger partial charge in [0.25, 0.3) is 0 Å². The minimum absolute atomic E-state index is 0.0181. The predicted octanol–water partition coefficient (Wildman–Crippen LogP) is 1.45. The van der Waals surface area contributed by atoms with Gasteiger partial charge >= 0.3 is 5.97 Å². The average Bonchev–Trinajstić information content (AvgIpc) is 2.90. The fourth-order valence-corrected chi connectivity index (χ4v) is 2.16. The summed E-state index contributed by atoms with van der Waals surface area (Å²) < 4.78 is 6.42. The van der Waals surface area contributed by atoms with E-state index in [1.165, 1.54) is 12.0 Å². The third-order valence-corrected chi connectivity index (χ3v) is 3.23. The van der Waals surface area contributed by atoms with Crippen LogP contribution in [0.15, 0.2) is 30.6 Å². The van der Waals surface area contributed by atoms with Crippen LogP contribution in [-0.2, 0) is 20.9 Å². The van der Waals surface area contributed by atoms with Crippen LogP contribution in [0, 0.1) is 0 Å². The van der Waals surface area contributed by atoms with Crippen molar-refractivity contribution in [2.24, 2.45) is 0 Å². The molecule has 0 saturated carbocycles. The van der Waals surface area contributed by atoms with Crippen LogP contribution in [-0.4, -0.2) is 46.5 Å². The highest BCUT2D eigenvalue weighted by Crippen LogP contribution is 2.12. The normalized spacial score (nSPS) is 10.6. The summed E-state index contributed by atoms with van der Waals surface area (Å²) in [5.41, 5.74) is 1.75. The van der Waals surface area contributed by atoms with Crippen molar-refractivity contribution in [3.63, 3.8) is 0 Å². The van der Waals surface area contributed by atoms with Crippen molar-refractivity contribution in [2.45, 2.75) is 19.9 Å². The molecule has 112 valence electrons. The number of rotatable bonds is 6. The van der Waals surface area contributed by atoms with Crippen LogP contribution >= 0.6 is 0 Å². The SMILES string of the molecule is CCCN(CC(=O)OC)C(=O)Cn1cnc2ccccc21. The van der Waals surface area contributed by atoms with Gasteiger partial charge in [0.15, 0.2) is 0 Å². The molecule has 2 rings (SSSR count). The molecule has 0 N–H and O–H groups in total. The molecule has 0 bridgehead atoms. The number of aromatic nitrogens is 2. The van der Waals surface area contributed by atoms with E-state index in [0.29, 0.717) is 6.54 Å². The molecule has 1 amide bonds. The van der Waals surface area contributed by atoms with Crippen molar-refractivity contribution in [1.29, 1.82) is 0 Å². The molecule has 1 heterocycles. The van der Waals surface area contributed by atoms with E-state index in [-0.39, 0.29) is 19.0 Å². The third kappa shape index (κ3) is 3.59. The van der Waals surface area contributed by atoms with Gasteiger partial charge in [-0.2, -0.15) is 0 Å². The number of amides is 1. The molecule has 0 aliphatic carbocycles. The van der Waals surface area contributed by atoms with Crippen LogP contribution in [0.2, 0.25) is 0 Å². The summed E-state index contributed by atoms with van der Waals surface area (Å²) in [6.07, 6.45) is 2.43. The van der Waals surface area contributed by atoms with E-state index in [1.807, 2.05) is 31.2 Å². The Kier molecular flexibility index (Phi) is 4.92. The lowest BCUT2D eigenvalue weighted by Crippen LogP contribution is -2.38. The highest BCUT2D eigenvalue weighted by Gasteiger charge is 2.17. The zero-order valence-electron chi connectivity index (χ0n) is 12.3. The number of ether oxygens (including phenoxy) is 1. The molecule has 0 radical (unpaired) electrons. The summed E-state index contributed by atoms with van der Waals surface area (Å²) in [6, 6.07) is 7.63. The molecule has 1 aromatic heterocycles. The molecule has 0 aliphatic rings. The van der Waals surface area contributed by atoms with Crippen LogP contribution in [0.5, 0.6) is 0 Å². The quantitative estimate of drug-likeness (QED) is 0.755. The lowest BCUT2D eigenvalue weighted by molar-refractivity contribution is -0.147. The molecule has 0 saturated heterocycles. The second-order valence-electron chi connectivity index (χ2n) is 4.75. The van der Waals surface area contributed by atoms with Gasteiger partial charge in [-0.25, -0.2) is 4.98 Å².